The molecular formula is C22H21NO4. The van der Waals surface area contributed by atoms with Crippen molar-refractivity contribution in [2.24, 2.45) is 0 Å². The first-order chi connectivity index (χ1) is 13.0. The van der Waals surface area contributed by atoms with Gasteiger partial charge in [0.15, 0.2) is 0 Å². The Hall–Kier alpha value is -3.34. The molecule has 0 saturated carbocycles. The molecule has 3 rings (SSSR count). The lowest BCUT2D eigenvalue weighted by Gasteiger charge is -2.14. The van der Waals surface area contributed by atoms with E-state index in [0.29, 0.717) is 17.9 Å². The van der Waals surface area contributed by atoms with E-state index in [0.717, 1.165) is 22.4 Å². The van der Waals surface area contributed by atoms with Gasteiger partial charge in [0, 0.05) is 17.7 Å². The van der Waals surface area contributed by atoms with E-state index in [-0.39, 0.29) is 5.69 Å². The summed E-state index contributed by atoms with van der Waals surface area (Å²) in [6, 6.07) is 18.3. The first-order valence-corrected chi connectivity index (χ1v) is 8.59. The van der Waals surface area contributed by atoms with Crippen LogP contribution in [0.5, 0.6) is 11.5 Å². The predicted molar refractivity (Wildman–Crippen MR) is 105 cm³/mol. The summed E-state index contributed by atoms with van der Waals surface area (Å²) in [6.45, 7) is 4.48. The average molecular weight is 363 g/mol. The topological polar surface area (TPSA) is 61.6 Å². The predicted octanol–water partition coefficient (Wildman–Crippen LogP) is 5.47. The molecule has 0 aliphatic heterocycles. The van der Waals surface area contributed by atoms with Gasteiger partial charge < -0.3 is 9.47 Å². The molecule has 0 bridgehead atoms. The maximum Gasteiger partial charge on any atom is 0.270 e. The quantitative estimate of drug-likeness (QED) is 0.430. The average Bonchev–Trinajstić information content (AvgIpc) is 2.68. The minimum absolute atomic E-state index is 0.0277. The van der Waals surface area contributed by atoms with Crippen LogP contribution < -0.4 is 9.47 Å². The molecular weight excluding hydrogens is 342 g/mol. The molecule has 0 radical (unpaired) electrons. The molecule has 0 aliphatic carbocycles. The fourth-order valence-electron chi connectivity index (χ4n) is 2.86. The summed E-state index contributed by atoms with van der Waals surface area (Å²) in [6.07, 6.45) is 0. The lowest BCUT2D eigenvalue weighted by molar-refractivity contribution is -0.384. The molecule has 5 heteroatoms. The number of nitro benzene ring substituents is 1. The summed E-state index contributed by atoms with van der Waals surface area (Å²) in [7, 11) is 1.60. The third-order valence-corrected chi connectivity index (χ3v) is 4.46. The maximum atomic E-state index is 11.2. The molecule has 0 spiro atoms. The molecule has 0 heterocycles. The first kappa shape index (κ1) is 18.5. The number of hydrogen-bond acceptors (Lipinski definition) is 4. The highest BCUT2D eigenvalue weighted by Crippen LogP contribution is 2.35. The van der Waals surface area contributed by atoms with Gasteiger partial charge in [0.1, 0.15) is 18.1 Å². The Balaban J connectivity index is 1.96. The van der Waals surface area contributed by atoms with Crippen LogP contribution in [0, 0.1) is 24.0 Å². The number of nitro groups is 1. The molecule has 3 aromatic rings. The van der Waals surface area contributed by atoms with Crippen LogP contribution in [0.15, 0.2) is 60.7 Å². The van der Waals surface area contributed by atoms with Crippen molar-refractivity contribution in [1.82, 2.24) is 0 Å². The maximum absolute atomic E-state index is 11.2. The Bertz CT molecular complexity index is 965. The molecule has 5 nitrogen and oxygen atoms in total. The summed E-state index contributed by atoms with van der Waals surface area (Å²) >= 11 is 0. The van der Waals surface area contributed by atoms with Crippen molar-refractivity contribution in [3.8, 4) is 22.6 Å². The highest BCUT2D eigenvalue weighted by Gasteiger charge is 2.14. The number of non-ortho nitro benzene ring substituents is 1. The zero-order chi connectivity index (χ0) is 19.4. The second-order valence-electron chi connectivity index (χ2n) is 6.38. The number of nitrogens with zero attached hydrogens (tertiary/aromatic N) is 1. The van der Waals surface area contributed by atoms with Gasteiger partial charge in [-0.1, -0.05) is 35.9 Å². The van der Waals surface area contributed by atoms with E-state index < -0.39 is 4.92 Å². The Kier molecular flexibility index (Phi) is 5.41. The van der Waals surface area contributed by atoms with Crippen molar-refractivity contribution in [1.29, 1.82) is 0 Å². The van der Waals surface area contributed by atoms with Gasteiger partial charge in [0.2, 0.25) is 0 Å². The summed E-state index contributed by atoms with van der Waals surface area (Å²) in [5, 5.41) is 11.2. The van der Waals surface area contributed by atoms with Crippen LogP contribution in [0.2, 0.25) is 0 Å². The Morgan fingerprint density at radius 1 is 0.963 bits per heavy atom. The Morgan fingerprint density at radius 2 is 1.70 bits per heavy atom. The van der Waals surface area contributed by atoms with Crippen LogP contribution in [-0.2, 0) is 6.61 Å². The summed E-state index contributed by atoms with van der Waals surface area (Å²) < 4.78 is 11.2. The fraction of sp³-hybridized carbons (Fsp3) is 0.182. The number of ether oxygens (including phenoxy) is 2. The van der Waals surface area contributed by atoms with Gasteiger partial charge in [0.05, 0.1) is 12.0 Å². The number of hydrogen-bond donors (Lipinski definition) is 0. The van der Waals surface area contributed by atoms with Gasteiger partial charge in [0.25, 0.3) is 5.69 Å². The van der Waals surface area contributed by atoms with Gasteiger partial charge in [-0.2, -0.15) is 0 Å². The van der Waals surface area contributed by atoms with Gasteiger partial charge >= 0.3 is 0 Å². The molecule has 0 aromatic heterocycles. The third-order valence-electron chi connectivity index (χ3n) is 4.46. The molecule has 3 aromatic carbocycles. The van der Waals surface area contributed by atoms with Crippen LogP contribution in [0.1, 0.15) is 16.7 Å². The lowest BCUT2D eigenvalue weighted by atomic mass is 10.0. The number of benzene rings is 3. The molecule has 0 N–H and O–H groups in total. The Labute approximate surface area is 158 Å². The molecule has 138 valence electrons. The molecule has 0 unspecified atom stereocenters. The van der Waals surface area contributed by atoms with Crippen molar-refractivity contribution in [3.63, 3.8) is 0 Å². The van der Waals surface area contributed by atoms with E-state index in [1.54, 1.807) is 19.2 Å². The fourth-order valence-corrected chi connectivity index (χ4v) is 2.86. The van der Waals surface area contributed by atoms with E-state index in [2.05, 4.69) is 18.2 Å². The summed E-state index contributed by atoms with van der Waals surface area (Å²) in [5.41, 5.74) is 4.94. The Morgan fingerprint density at radius 3 is 2.37 bits per heavy atom. The standard InChI is InChI=1S/C22H21NO4/c1-15-4-5-16(2)18(12-15)14-27-22-11-8-19(23(24)25)13-21(22)17-6-9-20(26-3)10-7-17/h4-13H,14H2,1-3H3. The second kappa shape index (κ2) is 7.91. The molecule has 0 fully saturated rings. The monoisotopic (exact) mass is 363 g/mol. The highest BCUT2D eigenvalue weighted by molar-refractivity contribution is 5.73. The molecule has 0 aliphatic rings. The van der Waals surface area contributed by atoms with Gasteiger partial charge in [-0.25, -0.2) is 0 Å². The van der Waals surface area contributed by atoms with Crippen LogP contribution in [0.3, 0.4) is 0 Å². The van der Waals surface area contributed by atoms with E-state index >= 15 is 0 Å². The van der Waals surface area contributed by atoms with Crippen LogP contribution in [0.4, 0.5) is 5.69 Å². The van der Waals surface area contributed by atoms with E-state index in [1.807, 2.05) is 38.1 Å². The van der Waals surface area contributed by atoms with E-state index in [4.69, 9.17) is 9.47 Å². The highest BCUT2D eigenvalue weighted by atomic mass is 16.6. The van der Waals surface area contributed by atoms with Crippen molar-refractivity contribution in [2.75, 3.05) is 7.11 Å². The summed E-state index contributed by atoms with van der Waals surface area (Å²) in [4.78, 5) is 10.8. The van der Waals surface area contributed by atoms with Crippen molar-refractivity contribution in [3.05, 3.63) is 87.5 Å². The third kappa shape index (κ3) is 4.26. The van der Waals surface area contributed by atoms with Crippen molar-refractivity contribution in [2.45, 2.75) is 20.5 Å². The van der Waals surface area contributed by atoms with Gasteiger partial charge in [-0.05, 0) is 48.7 Å². The molecule has 0 saturated heterocycles. The largest absolute Gasteiger partial charge is 0.497 e. The summed E-state index contributed by atoms with van der Waals surface area (Å²) in [5.74, 6) is 1.33. The second-order valence-corrected chi connectivity index (χ2v) is 6.38. The minimum atomic E-state index is -0.401. The van der Waals surface area contributed by atoms with Crippen molar-refractivity contribution >= 4 is 5.69 Å². The zero-order valence-electron chi connectivity index (χ0n) is 15.6. The molecule has 27 heavy (non-hydrogen) atoms. The van der Waals surface area contributed by atoms with Crippen LogP contribution >= 0.6 is 0 Å². The zero-order valence-corrected chi connectivity index (χ0v) is 15.6. The minimum Gasteiger partial charge on any atom is -0.497 e. The van der Waals surface area contributed by atoms with Gasteiger partial charge in [-0.15, -0.1) is 0 Å². The number of rotatable bonds is 6. The lowest BCUT2D eigenvalue weighted by Crippen LogP contribution is -2.00. The van der Waals surface area contributed by atoms with Crippen LogP contribution in [0.25, 0.3) is 11.1 Å². The number of aryl methyl sites for hydroxylation is 2. The SMILES string of the molecule is COc1ccc(-c2cc([N+](=O)[O-])ccc2OCc2cc(C)ccc2C)cc1. The number of methoxy groups -OCH3 is 1. The molecule has 0 amide bonds. The van der Waals surface area contributed by atoms with Crippen LogP contribution in [-0.4, -0.2) is 12.0 Å². The first-order valence-electron chi connectivity index (χ1n) is 8.59. The van der Waals surface area contributed by atoms with E-state index in [1.165, 1.54) is 11.6 Å². The molecule has 0 atom stereocenters. The van der Waals surface area contributed by atoms with Crippen molar-refractivity contribution < 1.29 is 14.4 Å². The van der Waals surface area contributed by atoms with E-state index in [9.17, 15) is 10.1 Å². The smallest absolute Gasteiger partial charge is 0.270 e. The van der Waals surface area contributed by atoms with Gasteiger partial charge in [-0.3, -0.25) is 10.1 Å². The normalized spacial score (nSPS) is 10.5.